The van der Waals surface area contributed by atoms with Crippen LogP contribution in [0.15, 0.2) is 24.3 Å². The predicted molar refractivity (Wildman–Crippen MR) is 71.4 cm³/mol. The Hall–Kier alpha value is -1.30. The second-order valence-electron chi connectivity index (χ2n) is 4.85. The van der Waals surface area contributed by atoms with Crippen LogP contribution in [0.2, 0.25) is 0 Å². The Bertz CT molecular complexity index is 424. The van der Waals surface area contributed by atoms with E-state index in [-0.39, 0.29) is 0 Å². The molecule has 90 valence electrons. The van der Waals surface area contributed by atoms with Crippen LogP contribution in [-0.4, -0.2) is 25.0 Å². The molecule has 0 spiro atoms. The summed E-state index contributed by atoms with van der Waals surface area (Å²) in [5.41, 5.74) is 7.77. The minimum atomic E-state index is 0.422. The summed E-state index contributed by atoms with van der Waals surface area (Å²) in [6.07, 6.45) is 2.82. The van der Waals surface area contributed by atoms with Crippen LogP contribution in [0.3, 0.4) is 0 Å². The third-order valence-corrected chi connectivity index (χ3v) is 2.98. The molecule has 0 bridgehead atoms. The summed E-state index contributed by atoms with van der Waals surface area (Å²) in [6, 6.07) is 8.43. The van der Waals surface area contributed by atoms with Crippen molar-refractivity contribution in [3.05, 3.63) is 35.4 Å². The van der Waals surface area contributed by atoms with Gasteiger partial charge in [0.05, 0.1) is 6.54 Å². The maximum Gasteiger partial charge on any atom is 0.0555 e. The maximum absolute atomic E-state index is 5.38. The molecule has 0 atom stereocenters. The number of hydrogen-bond acceptors (Lipinski definition) is 2. The van der Waals surface area contributed by atoms with Crippen molar-refractivity contribution in [2.75, 3.05) is 20.1 Å². The molecule has 0 aliphatic heterocycles. The van der Waals surface area contributed by atoms with Gasteiger partial charge in [-0.2, -0.15) is 0 Å². The molecule has 0 unspecified atom stereocenters. The summed E-state index contributed by atoms with van der Waals surface area (Å²) in [5, 5.41) is 0. The van der Waals surface area contributed by atoms with Crippen LogP contribution in [0.25, 0.3) is 0 Å². The predicted octanol–water partition coefficient (Wildman–Crippen LogP) is 1.84. The molecule has 1 aliphatic rings. The number of hydrogen-bond donors (Lipinski definition) is 1. The zero-order valence-corrected chi connectivity index (χ0v) is 10.4. The first-order valence-corrected chi connectivity index (χ1v) is 6.24. The monoisotopic (exact) mass is 228 g/mol. The summed E-state index contributed by atoms with van der Waals surface area (Å²) in [5.74, 6) is 6.91. The third-order valence-electron chi connectivity index (χ3n) is 2.98. The van der Waals surface area contributed by atoms with Crippen molar-refractivity contribution in [3.8, 4) is 11.8 Å². The lowest BCUT2D eigenvalue weighted by Gasteiger charge is -2.16. The van der Waals surface area contributed by atoms with Gasteiger partial charge in [0.25, 0.3) is 0 Å². The lowest BCUT2D eigenvalue weighted by atomic mass is 10.1. The zero-order valence-electron chi connectivity index (χ0n) is 10.4. The fourth-order valence-electron chi connectivity index (χ4n) is 2.02. The van der Waals surface area contributed by atoms with Crippen LogP contribution >= 0.6 is 0 Å². The standard InChI is InChI=1S/C15H20N2/c1-17(11-14-7-8-14)12-15-5-2-4-13(10-15)6-3-9-16/h2,4-5,10,14H,7-9,11-12,16H2,1H3. The van der Waals surface area contributed by atoms with Crippen molar-refractivity contribution in [1.29, 1.82) is 0 Å². The van der Waals surface area contributed by atoms with Gasteiger partial charge in [0.15, 0.2) is 0 Å². The highest BCUT2D eigenvalue weighted by molar-refractivity contribution is 5.37. The summed E-state index contributed by atoms with van der Waals surface area (Å²) in [4.78, 5) is 2.40. The molecule has 2 N–H and O–H groups in total. The van der Waals surface area contributed by atoms with Crippen molar-refractivity contribution in [2.24, 2.45) is 11.7 Å². The average molecular weight is 228 g/mol. The van der Waals surface area contributed by atoms with Crippen molar-refractivity contribution in [2.45, 2.75) is 19.4 Å². The topological polar surface area (TPSA) is 29.3 Å². The smallest absolute Gasteiger partial charge is 0.0555 e. The fraction of sp³-hybridized carbons (Fsp3) is 0.467. The van der Waals surface area contributed by atoms with Crippen molar-refractivity contribution in [1.82, 2.24) is 4.90 Å². The zero-order chi connectivity index (χ0) is 12.1. The van der Waals surface area contributed by atoms with Crippen LogP contribution in [0, 0.1) is 17.8 Å². The van der Waals surface area contributed by atoms with Crippen molar-refractivity contribution >= 4 is 0 Å². The van der Waals surface area contributed by atoms with Crippen LogP contribution in [0.1, 0.15) is 24.0 Å². The Kier molecular flexibility index (Phi) is 4.19. The molecular weight excluding hydrogens is 208 g/mol. The second kappa shape index (κ2) is 5.86. The molecule has 0 heterocycles. The van der Waals surface area contributed by atoms with E-state index in [4.69, 9.17) is 5.73 Å². The highest BCUT2D eigenvalue weighted by atomic mass is 15.1. The molecule has 0 aromatic heterocycles. The molecule has 1 saturated carbocycles. The summed E-state index contributed by atoms with van der Waals surface area (Å²) in [6.45, 7) is 2.65. The molecule has 0 amide bonds. The van der Waals surface area contributed by atoms with Gasteiger partial charge in [-0.3, -0.25) is 0 Å². The first kappa shape index (κ1) is 12.2. The quantitative estimate of drug-likeness (QED) is 0.797. The molecule has 2 rings (SSSR count). The Morgan fingerprint density at radius 3 is 2.94 bits per heavy atom. The molecular formula is C15H20N2. The first-order valence-electron chi connectivity index (χ1n) is 6.24. The lowest BCUT2D eigenvalue weighted by molar-refractivity contribution is 0.313. The first-order chi connectivity index (χ1) is 8.28. The SMILES string of the molecule is CN(Cc1cccc(C#CCN)c1)CC1CC1. The van der Waals surface area contributed by atoms with E-state index in [1.54, 1.807) is 0 Å². The molecule has 1 aromatic carbocycles. The van der Waals surface area contributed by atoms with Gasteiger partial charge >= 0.3 is 0 Å². The molecule has 0 radical (unpaired) electrons. The number of nitrogens with zero attached hydrogens (tertiary/aromatic N) is 1. The molecule has 0 saturated heterocycles. The van der Waals surface area contributed by atoms with E-state index in [1.807, 2.05) is 6.07 Å². The number of rotatable bonds is 4. The third kappa shape index (κ3) is 4.22. The molecule has 1 aliphatic carbocycles. The van der Waals surface area contributed by atoms with Gasteiger partial charge in [-0.15, -0.1) is 0 Å². The average Bonchev–Trinajstić information content (AvgIpc) is 3.10. The minimum Gasteiger partial charge on any atom is -0.320 e. The Morgan fingerprint density at radius 1 is 1.41 bits per heavy atom. The molecule has 17 heavy (non-hydrogen) atoms. The summed E-state index contributed by atoms with van der Waals surface area (Å²) >= 11 is 0. The molecule has 2 heteroatoms. The maximum atomic E-state index is 5.38. The van der Waals surface area contributed by atoms with Gasteiger partial charge in [-0.05, 0) is 43.5 Å². The van der Waals surface area contributed by atoms with Crippen LogP contribution < -0.4 is 5.73 Å². The van der Waals surface area contributed by atoms with Crippen molar-refractivity contribution < 1.29 is 0 Å². The fourth-order valence-corrected chi connectivity index (χ4v) is 2.02. The van der Waals surface area contributed by atoms with E-state index in [1.165, 1.54) is 24.9 Å². The number of nitrogens with two attached hydrogens (primary N) is 1. The highest BCUT2D eigenvalue weighted by Gasteiger charge is 2.22. The van der Waals surface area contributed by atoms with Gasteiger partial charge in [0.1, 0.15) is 0 Å². The molecule has 1 aromatic rings. The highest BCUT2D eigenvalue weighted by Crippen LogP contribution is 2.29. The van der Waals surface area contributed by atoms with E-state index in [0.717, 1.165) is 18.0 Å². The van der Waals surface area contributed by atoms with E-state index in [9.17, 15) is 0 Å². The van der Waals surface area contributed by atoms with E-state index >= 15 is 0 Å². The largest absolute Gasteiger partial charge is 0.320 e. The molecule has 2 nitrogen and oxygen atoms in total. The van der Waals surface area contributed by atoms with E-state index in [2.05, 4.69) is 42.0 Å². The molecule has 1 fully saturated rings. The van der Waals surface area contributed by atoms with Gasteiger partial charge in [-0.25, -0.2) is 0 Å². The van der Waals surface area contributed by atoms with E-state index < -0.39 is 0 Å². The Labute approximate surface area is 104 Å². The van der Waals surface area contributed by atoms with Crippen LogP contribution in [0.5, 0.6) is 0 Å². The van der Waals surface area contributed by atoms with Crippen molar-refractivity contribution in [3.63, 3.8) is 0 Å². The minimum absolute atomic E-state index is 0.422. The summed E-state index contributed by atoms with van der Waals surface area (Å²) < 4.78 is 0. The normalized spacial score (nSPS) is 14.5. The van der Waals surface area contributed by atoms with Crippen LogP contribution in [-0.2, 0) is 6.54 Å². The van der Waals surface area contributed by atoms with Gasteiger partial charge in [0, 0.05) is 18.7 Å². The van der Waals surface area contributed by atoms with E-state index in [0.29, 0.717) is 6.54 Å². The Balaban J connectivity index is 1.94. The van der Waals surface area contributed by atoms with Gasteiger partial charge < -0.3 is 10.6 Å². The lowest BCUT2D eigenvalue weighted by Crippen LogP contribution is -2.20. The van der Waals surface area contributed by atoms with Gasteiger partial charge in [0.2, 0.25) is 0 Å². The second-order valence-corrected chi connectivity index (χ2v) is 4.85. The summed E-state index contributed by atoms with van der Waals surface area (Å²) in [7, 11) is 2.19. The van der Waals surface area contributed by atoms with Gasteiger partial charge in [-0.1, -0.05) is 24.0 Å². The Morgan fingerprint density at radius 2 is 2.24 bits per heavy atom. The van der Waals surface area contributed by atoms with Crippen LogP contribution in [0.4, 0.5) is 0 Å². The number of benzene rings is 1.